The summed E-state index contributed by atoms with van der Waals surface area (Å²) in [6.07, 6.45) is 2.72. The molecule has 1 aliphatic heterocycles. The number of likely N-dealkylation sites (tertiary alicyclic amines) is 1. The Kier molecular flexibility index (Phi) is 5.00. The van der Waals surface area contributed by atoms with Crippen LogP contribution in [0, 0.1) is 12.8 Å². The van der Waals surface area contributed by atoms with Crippen molar-refractivity contribution in [1.29, 1.82) is 0 Å². The first-order valence-corrected chi connectivity index (χ1v) is 7.59. The van der Waals surface area contributed by atoms with Crippen molar-refractivity contribution in [1.82, 2.24) is 10.2 Å². The van der Waals surface area contributed by atoms with Gasteiger partial charge in [-0.15, -0.1) is 0 Å². The summed E-state index contributed by atoms with van der Waals surface area (Å²) in [5.41, 5.74) is 2.73. The molecule has 0 amide bonds. The minimum atomic E-state index is 0.438. The Hall–Kier alpha value is -0.860. The molecule has 0 aromatic heterocycles. The smallest absolute Gasteiger partial charge is 0.0446 e. The van der Waals surface area contributed by atoms with Gasteiger partial charge in [0.2, 0.25) is 0 Å². The van der Waals surface area contributed by atoms with Crippen LogP contribution in [0.15, 0.2) is 24.3 Å². The van der Waals surface area contributed by atoms with Gasteiger partial charge >= 0.3 is 0 Å². The van der Waals surface area contributed by atoms with Crippen molar-refractivity contribution in [2.45, 2.75) is 45.7 Å². The number of rotatable bonds is 4. The molecule has 0 bridgehead atoms. The third-order valence-electron chi connectivity index (χ3n) is 4.75. The maximum atomic E-state index is 3.48. The standard InChI is InChI=1S/C17H28N2/c1-13-7-9-16(10-8-13)17(18-4)12-19-11-5-6-14(2)15(19)3/h7-10,14-15,17-18H,5-6,11-12H2,1-4H3. The van der Waals surface area contributed by atoms with E-state index in [2.05, 4.69) is 62.3 Å². The monoisotopic (exact) mass is 260 g/mol. The fraction of sp³-hybridized carbons (Fsp3) is 0.647. The first-order valence-electron chi connectivity index (χ1n) is 7.59. The normalized spacial score (nSPS) is 26.3. The molecule has 0 radical (unpaired) electrons. The van der Waals surface area contributed by atoms with Crippen LogP contribution in [-0.2, 0) is 0 Å². The quantitative estimate of drug-likeness (QED) is 0.893. The van der Waals surface area contributed by atoms with Crippen LogP contribution in [0.2, 0.25) is 0 Å². The molecule has 2 nitrogen and oxygen atoms in total. The van der Waals surface area contributed by atoms with Crippen LogP contribution in [0.5, 0.6) is 0 Å². The van der Waals surface area contributed by atoms with Crippen LogP contribution >= 0.6 is 0 Å². The number of nitrogens with zero attached hydrogens (tertiary/aromatic N) is 1. The maximum Gasteiger partial charge on any atom is 0.0446 e. The molecule has 0 aliphatic carbocycles. The molecular formula is C17H28N2. The Balaban J connectivity index is 2.04. The topological polar surface area (TPSA) is 15.3 Å². The van der Waals surface area contributed by atoms with E-state index in [9.17, 15) is 0 Å². The van der Waals surface area contributed by atoms with Gasteiger partial charge in [-0.3, -0.25) is 4.90 Å². The average molecular weight is 260 g/mol. The van der Waals surface area contributed by atoms with E-state index < -0.39 is 0 Å². The van der Waals surface area contributed by atoms with Gasteiger partial charge in [-0.1, -0.05) is 36.8 Å². The summed E-state index contributed by atoms with van der Waals surface area (Å²) in [6.45, 7) is 9.27. The molecule has 1 aromatic carbocycles. The van der Waals surface area contributed by atoms with Crippen molar-refractivity contribution in [3.05, 3.63) is 35.4 Å². The Morgan fingerprint density at radius 1 is 1.26 bits per heavy atom. The molecule has 3 atom stereocenters. The van der Waals surface area contributed by atoms with Gasteiger partial charge < -0.3 is 5.32 Å². The number of nitrogens with one attached hydrogen (secondary N) is 1. The van der Waals surface area contributed by atoms with Gasteiger partial charge in [0.05, 0.1) is 0 Å². The first-order chi connectivity index (χ1) is 9.11. The van der Waals surface area contributed by atoms with E-state index in [1.807, 2.05) is 0 Å². The molecule has 1 fully saturated rings. The molecule has 106 valence electrons. The summed E-state index contributed by atoms with van der Waals surface area (Å²) in [6, 6.07) is 10.1. The summed E-state index contributed by atoms with van der Waals surface area (Å²) >= 11 is 0. The SMILES string of the molecule is CNC(CN1CCCC(C)C1C)c1ccc(C)cc1. The molecule has 1 saturated heterocycles. The van der Waals surface area contributed by atoms with Crippen LogP contribution in [0.1, 0.15) is 43.9 Å². The van der Waals surface area contributed by atoms with E-state index in [-0.39, 0.29) is 0 Å². The van der Waals surface area contributed by atoms with Crippen molar-refractivity contribution in [3.63, 3.8) is 0 Å². The summed E-state index contributed by atoms with van der Waals surface area (Å²) in [4.78, 5) is 2.65. The third kappa shape index (κ3) is 3.58. The Morgan fingerprint density at radius 2 is 1.95 bits per heavy atom. The first kappa shape index (κ1) is 14.5. The van der Waals surface area contributed by atoms with Crippen molar-refractivity contribution < 1.29 is 0 Å². The minimum absolute atomic E-state index is 0.438. The summed E-state index contributed by atoms with van der Waals surface area (Å²) in [5, 5.41) is 3.48. The second-order valence-electron chi connectivity index (χ2n) is 6.11. The number of likely N-dealkylation sites (N-methyl/N-ethyl adjacent to an activating group) is 1. The van der Waals surface area contributed by atoms with Crippen molar-refractivity contribution in [2.24, 2.45) is 5.92 Å². The van der Waals surface area contributed by atoms with Crippen LogP contribution in [0.3, 0.4) is 0 Å². The molecular weight excluding hydrogens is 232 g/mol. The minimum Gasteiger partial charge on any atom is -0.312 e. The highest BCUT2D eigenvalue weighted by Gasteiger charge is 2.26. The van der Waals surface area contributed by atoms with Gasteiger partial charge in [0, 0.05) is 18.6 Å². The number of aryl methyl sites for hydroxylation is 1. The van der Waals surface area contributed by atoms with Crippen molar-refractivity contribution in [3.8, 4) is 0 Å². The van der Waals surface area contributed by atoms with Gasteiger partial charge in [-0.25, -0.2) is 0 Å². The van der Waals surface area contributed by atoms with Gasteiger partial charge in [-0.05, 0) is 51.8 Å². The Bertz CT molecular complexity index is 385. The second-order valence-corrected chi connectivity index (χ2v) is 6.11. The highest BCUT2D eigenvalue weighted by atomic mass is 15.2. The highest BCUT2D eigenvalue weighted by Crippen LogP contribution is 2.25. The number of benzene rings is 1. The molecule has 1 N–H and O–H groups in total. The van der Waals surface area contributed by atoms with E-state index in [1.165, 1.54) is 30.5 Å². The lowest BCUT2D eigenvalue weighted by atomic mass is 9.91. The molecule has 19 heavy (non-hydrogen) atoms. The fourth-order valence-electron chi connectivity index (χ4n) is 3.08. The van der Waals surface area contributed by atoms with E-state index in [0.717, 1.165) is 12.5 Å². The largest absolute Gasteiger partial charge is 0.312 e. The number of piperidine rings is 1. The van der Waals surface area contributed by atoms with Gasteiger partial charge in [0.1, 0.15) is 0 Å². The molecule has 2 rings (SSSR count). The third-order valence-corrected chi connectivity index (χ3v) is 4.75. The van der Waals surface area contributed by atoms with E-state index in [4.69, 9.17) is 0 Å². The Morgan fingerprint density at radius 3 is 2.58 bits per heavy atom. The molecule has 3 unspecified atom stereocenters. The van der Waals surface area contributed by atoms with Crippen LogP contribution in [-0.4, -0.2) is 31.1 Å². The van der Waals surface area contributed by atoms with Crippen LogP contribution < -0.4 is 5.32 Å². The lowest BCUT2D eigenvalue weighted by molar-refractivity contribution is 0.103. The van der Waals surface area contributed by atoms with Gasteiger partial charge in [0.25, 0.3) is 0 Å². The molecule has 1 aliphatic rings. The second kappa shape index (κ2) is 6.53. The molecule has 0 saturated carbocycles. The van der Waals surface area contributed by atoms with Crippen molar-refractivity contribution in [2.75, 3.05) is 20.1 Å². The van der Waals surface area contributed by atoms with Crippen LogP contribution in [0.4, 0.5) is 0 Å². The highest BCUT2D eigenvalue weighted by molar-refractivity contribution is 5.24. The lowest BCUT2D eigenvalue weighted by Crippen LogP contribution is -2.45. The zero-order valence-corrected chi connectivity index (χ0v) is 12.8. The molecule has 1 heterocycles. The van der Waals surface area contributed by atoms with Gasteiger partial charge in [-0.2, -0.15) is 0 Å². The molecule has 0 spiro atoms. The molecule has 2 heteroatoms. The predicted molar refractivity (Wildman–Crippen MR) is 82.4 cm³/mol. The molecule has 1 aromatic rings. The number of hydrogen-bond donors (Lipinski definition) is 1. The summed E-state index contributed by atoms with van der Waals surface area (Å²) in [5.74, 6) is 0.823. The van der Waals surface area contributed by atoms with Gasteiger partial charge in [0.15, 0.2) is 0 Å². The predicted octanol–water partition coefficient (Wildman–Crippen LogP) is 3.38. The lowest BCUT2D eigenvalue weighted by Gasteiger charge is -2.39. The summed E-state index contributed by atoms with van der Waals surface area (Å²) in [7, 11) is 2.07. The number of hydrogen-bond acceptors (Lipinski definition) is 2. The van der Waals surface area contributed by atoms with E-state index in [1.54, 1.807) is 0 Å². The van der Waals surface area contributed by atoms with E-state index in [0.29, 0.717) is 12.1 Å². The fourth-order valence-corrected chi connectivity index (χ4v) is 3.08. The average Bonchev–Trinajstić information content (AvgIpc) is 2.42. The maximum absolute atomic E-state index is 3.48. The van der Waals surface area contributed by atoms with Crippen molar-refractivity contribution >= 4 is 0 Å². The summed E-state index contributed by atoms with van der Waals surface area (Å²) < 4.78 is 0. The van der Waals surface area contributed by atoms with E-state index >= 15 is 0 Å². The van der Waals surface area contributed by atoms with Crippen LogP contribution in [0.25, 0.3) is 0 Å². The zero-order valence-electron chi connectivity index (χ0n) is 12.8. The zero-order chi connectivity index (χ0) is 13.8. The Labute approximate surface area is 118 Å².